The number of nitrogens with zero attached hydrogens (tertiary/aromatic N) is 2. The first kappa shape index (κ1) is 31.0. The van der Waals surface area contributed by atoms with Crippen molar-refractivity contribution >= 4 is 17.5 Å². The minimum Gasteiger partial charge on any atom is -0.490 e. The van der Waals surface area contributed by atoms with Crippen LogP contribution in [0.2, 0.25) is 0 Å². The summed E-state index contributed by atoms with van der Waals surface area (Å²) in [7, 11) is 1.91. The van der Waals surface area contributed by atoms with Crippen LogP contribution in [0.4, 0.5) is 5.69 Å². The smallest absolute Gasteiger partial charge is 0.229 e. The summed E-state index contributed by atoms with van der Waals surface area (Å²) in [5, 5.41) is 2.88. The van der Waals surface area contributed by atoms with Gasteiger partial charge in [0.05, 0.1) is 19.1 Å². The van der Waals surface area contributed by atoms with Gasteiger partial charge in [-0.25, -0.2) is 0 Å². The Balaban J connectivity index is 1.24. The largest absolute Gasteiger partial charge is 0.490 e. The number of rotatable bonds is 12. The van der Waals surface area contributed by atoms with Gasteiger partial charge in [-0.1, -0.05) is 25.1 Å². The first-order valence-electron chi connectivity index (χ1n) is 15.5. The van der Waals surface area contributed by atoms with E-state index >= 15 is 0 Å². The van der Waals surface area contributed by atoms with Crippen LogP contribution in [0, 0.1) is 18.8 Å². The number of hydrogen-bond acceptors (Lipinski definition) is 5. The number of nitrogens with one attached hydrogen (secondary N) is 1. The van der Waals surface area contributed by atoms with Crippen molar-refractivity contribution in [2.45, 2.75) is 78.4 Å². The lowest BCUT2D eigenvalue weighted by Crippen LogP contribution is -2.37. The standard InChI is InChI=1S/C34H49N3O4/c1-5-40-19-17-35-33(38)22-27-9-6-10-32(21-27)41-31-15-12-28(13-16-31)34(39)36(4)30-14-11-29(26(3)20-30)24-37-18-7-8-25(2)23-37/h6,9-11,14,20-21,25,28,31H,5,7-8,12-13,15-19,22-24H2,1-4H3,(H,35,38)/t25-,28?,31?/m1/s1. The molecule has 1 heterocycles. The van der Waals surface area contributed by atoms with Gasteiger partial charge in [0, 0.05) is 44.9 Å². The van der Waals surface area contributed by atoms with Crippen molar-refractivity contribution in [1.82, 2.24) is 10.2 Å². The number of carbonyl (C=O) groups is 2. The molecule has 224 valence electrons. The van der Waals surface area contributed by atoms with Crippen LogP contribution in [0.5, 0.6) is 5.75 Å². The van der Waals surface area contributed by atoms with E-state index in [9.17, 15) is 9.59 Å². The van der Waals surface area contributed by atoms with Crippen LogP contribution in [0.15, 0.2) is 42.5 Å². The van der Waals surface area contributed by atoms with E-state index in [0.717, 1.165) is 55.1 Å². The van der Waals surface area contributed by atoms with Crippen molar-refractivity contribution in [3.05, 3.63) is 59.2 Å². The van der Waals surface area contributed by atoms with Crippen LogP contribution in [0.1, 0.15) is 69.1 Å². The number of aryl methyl sites for hydroxylation is 1. The maximum absolute atomic E-state index is 13.4. The molecule has 0 aromatic heterocycles. The highest BCUT2D eigenvalue weighted by atomic mass is 16.5. The van der Waals surface area contributed by atoms with Crippen LogP contribution in [0.25, 0.3) is 0 Å². The van der Waals surface area contributed by atoms with Gasteiger partial charge in [-0.3, -0.25) is 14.5 Å². The van der Waals surface area contributed by atoms with E-state index in [4.69, 9.17) is 9.47 Å². The minimum absolute atomic E-state index is 0.0152. The maximum Gasteiger partial charge on any atom is 0.229 e. The van der Waals surface area contributed by atoms with Crippen molar-refractivity contribution in [2.75, 3.05) is 44.8 Å². The Hall–Kier alpha value is -2.90. The molecule has 1 atom stereocenters. The monoisotopic (exact) mass is 563 g/mol. The molecule has 2 aliphatic rings. The zero-order valence-electron chi connectivity index (χ0n) is 25.5. The number of carbonyl (C=O) groups excluding carboxylic acids is 2. The predicted molar refractivity (Wildman–Crippen MR) is 164 cm³/mol. The summed E-state index contributed by atoms with van der Waals surface area (Å²) >= 11 is 0. The van der Waals surface area contributed by atoms with Crippen LogP contribution < -0.4 is 15.0 Å². The van der Waals surface area contributed by atoms with Gasteiger partial charge in [-0.05, 0) is 106 Å². The zero-order valence-corrected chi connectivity index (χ0v) is 25.5. The lowest BCUT2D eigenvalue weighted by molar-refractivity contribution is -0.123. The average molecular weight is 564 g/mol. The van der Waals surface area contributed by atoms with Gasteiger partial charge < -0.3 is 19.7 Å². The first-order chi connectivity index (χ1) is 19.8. The fraction of sp³-hybridized carbons (Fsp3) is 0.588. The van der Waals surface area contributed by atoms with Crippen LogP contribution >= 0.6 is 0 Å². The topological polar surface area (TPSA) is 71.1 Å². The molecule has 2 aromatic rings. The Morgan fingerprint density at radius 3 is 2.61 bits per heavy atom. The summed E-state index contributed by atoms with van der Waals surface area (Å²) in [4.78, 5) is 30.0. The van der Waals surface area contributed by atoms with Crippen LogP contribution in [-0.2, 0) is 27.3 Å². The fourth-order valence-corrected chi connectivity index (χ4v) is 6.14. The second-order valence-electron chi connectivity index (χ2n) is 12.0. The van der Waals surface area contributed by atoms with Crippen molar-refractivity contribution in [3.63, 3.8) is 0 Å². The number of hydrogen-bond donors (Lipinski definition) is 1. The highest BCUT2D eigenvalue weighted by molar-refractivity contribution is 5.94. The molecule has 41 heavy (non-hydrogen) atoms. The fourth-order valence-electron chi connectivity index (χ4n) is 6.14. The molecule has 4 rings (SSSR count). The maximum atomic E-state index is 13.4. The van der Waals surface area contributed by atoms with Gasteiger partial charge in [0.15, 0.2) is 0 Å². The summed E-state index contributed by atoms with van der Waals surface area (Å²) in [5.74, 6) is 1.74. The second-order valence-corrected chi connectivity index (χ2v) is 12.0. The second kappa shape index (κ2) is 15.4. The molecular weight excluding hydrogens is 514 g/mol. The van der Waals surface area contributed by atoms with Crippen molar-refractivity contribution in [2.24, 2.45) is 11.8 Å². The van der Waals surface area contributed by atoms with Crippen molar-refractivity contribution in [3.8, 4) is 5.75 Å². The van der Waals surface area contributed by atoms with Gasteiger partial charge in [-0.15, -0.1) is 0 Å². The molecule has 2 aromatic carbocycles. The summed E-state index contributed by atoms with van der Waals surface area (Å²) < 4.78 is 11.6. The number of ether oxygens (including phenoxy) is 2. The molecule has 7 nitrogen and oxygen atoms in total. The Labute approximate surface area is 246 Å². The molecule has 1 N–H and O–H groups in total. The molecule has 7 heteroatoms. The predicted octanol–water partition coefficient (Wildman–Crippen LogP) is 5.52. The van der Waals surface area contributed by atoms with Gasteiger partial charge in [0.2, 0.25) is 11.8 Å². The molecular formula is C34H49N3O4. The molecule has 1 saturated carbocycles. The Kier molecular flexibility index (Phi) is 11.6. The van der Waals surface area contributed by atoms with Crippen LogP contribution in [0.3, 0.4) is 0 Å². The number of amides is 2. The number of likely N-dealkylation sites (tertiary alicyclic amines) is 1. The molecule has 0 unspecified atom stereocenters. The quantitative estimate of drug-likeness (QED) is 0.344. The molecule has 0 radical (unpaired) electrons. The van der Waals surface area contributed by atoms with Crippen molar-refractivity contribution in [1.29, 1.82) is 0 Å². The average Bonchev–Trinajstić information content (AvgIpc) is 2.96. The van der Waals surface area contributed by atoms with Crippen LogP contribution in [-0.4, -0.2) is 62.7 Å². The molecule has 2 fully saturated rings. The molecule has 1 aliphatic carbocycles. The van der Waals surface area contributed by atoms with E-state index < -0.39 is 0 Å². The highest BCUT2D eigenvalue weighted by Crippen LogP contribution is 2.31. The Bertz CT molecular complexity index is 1140. The number of piperidine rings is 1. The number of anilines is 1. The SMILES string of the molecule is CCOCCNC(=O)Cc1cccc(OC2CCC(C(=O)N(C)c3ccc(CN4CCC[C@@H](C)C4)c(C)c3)CC2)c1. The minimum atomic E-state index is -0.0218. The van der Waals surface area contributed by atoms with Crippen molar-refractivity contribution < 1.29 is 19.1 Å². The number of benzene rings is 2. The van der Waals surface area contributed by atoms with Gasteiger partial charge in [-0.2, -0.15) is 0 Å². The molecule has 0 spiro atoms. The summed E-state index contributed by atoms with van der Waals surface area (Å²) in [6, 6.07) is 14.3. The lowest BCUT2D eigenvalue weighted by Gasteiger charge is -2.32. The van der Waals surface area contributed by atoms with Gasteiger partial charge >= 0.3 is 0 Å². The third kappa shape index (κ3) is 9.30. The first-order valence-corrected chi connectivity index (χ1v) is 15.5. The van der Waals surface area contributed by atoms with E-state index in [1.54, 1.807) is 0 Å². The normalized spacial score (nSPS) is 21.3. The van der Waals surface area contributed by atoms with E-state index in [1.165, 1.54) is 37.1 Å². The molecule has 1 saturated heterocycles. The third-order valence-electron chi connectivity index (χ3n) is 8.54. The van der Waals surface area contributed by atoms with Gasteiger partial charge in [0.1, 0.15) is 5.75 Å². The van der Waals surface area contributed by atoms with E-state index in [0.29, 0.717) is 26.2 Å². The Morgan fingerprint density at radius 1 is 1.07 bits per heavy atom. The van der Waals surface area contributed by atoms with E-state index in [2.05, 4.69) is 42.3 Å². The van der Waals surface area contributed by atoms with E-state index in [-0.39, 0.29) is 23.8 Å². The van der Waals surface area contributed by atoms with E-state index in [1.807, 2.05) is 43.1 Å². The lowest BCUT2D eigenvalue weighted by atomic mass is 9.86. The molecule has 2 amide bonds. The Morgan fingerprint density at radius 2 is 1.88 bits per heavy atom. The third-order valence-corrected chi connectivity index (χ3v) is 8.54. The summed E-state index contributed by atoms with van der Waals surface area (Å²) in [6.45, 7) is 11.5. The summed E-state index contributed by atoms with van der Waals surface area (Å²) in [6.07, 6.45) is 6.34. The summed E-state index contributed by atoms with van der Waals surface area (Å²) in [5.41, 5.74) is 4.50. The molecule has 0 bridgehead atoms. The highest BCUT2D eigenvalue weighted by Gasteiger charge is 2.30. The zero-order chi connectivity index (χ0) is 29.2. The molecule has 1 aliphatic heterocycles. The van der Waals surface area contributed by atoms with Gasteiger partial charge in [0.25, 0.3) is 0 Å².